The van der Waals surface area contributed by atoms with Crippen LogP contribution in [-0.4, -0.2) is 11.6 Å². The van der Waals surface area contributed by atoms with Crippen LogP contribution in [0.25, 0.3) is 10.9 Å². The van der Waals surface area contributed by atoms with E-state index in [-0.39, 0.29) is 24.0 Å². The zero-order valence-electron chi connectivity index (χ0n) is 15.7. The second kappa shape index (κ2) is 14.3. The molecule has 0 spiro atoms. The van der Waals surface area contributed by atoms with Crippen molar-refractivity contribution < 1.29 is 4.74 Å². The summed E-state index contributed by atoms with van der Waals surface area (Å²) in [5.41, 5.74) is 1.03. The van der Waals surface area contributed by atoms with E-state index in [0.717, 1.165) is 29.7 Å². The Morgan fingerprint density at radius 2 is 1.44 bits per heavy atom. The number of hydrogen-bond donors (Lipinski definition) is 0. The van der Waals surface area contributed by atoms with Crippen LogP contribution in [-0.2, 0) is 0 Å². The fourth-order valence-corrected chi connectivity index (χ4v) is 3.10. The average molecular weight is 455 g/mol. The number of ether oxygens (including phenoxy) is 1. The van der Waals surface area contributed by atoms with Gasteiger partial charge < -0.3 is 4.74 Å². The van der Waals surface area contributed by atoms with Crippen LogP contribution >= 0.6 is 24.0 Å². The molecule has 1 aromatic carbocycles. The van der Waals surface area contributed by atoms with Crippen molar-refractivity contribution in [3.8, 4) is 5.75 Å². The third kappa shape index (κ3) is 9.43. The Hall–Kier alpha value is -0.840. The Kier molecular flexibility index (Phi) is 12.7. The molecular weight excluding hydrogens is 421 g/mol. The smallest absolute Gasteiger partial charge is 0.120 e. The van der Waals surface area contributed by atoms with Gasteiger partial charge in [0.2, 0.25) is 0 Å². The monoisotopic (exact) mass is 455 g/mol. The van der Waals surface area contributed by atoms with Crippen LogP contribution in [0.4, 0.5) is 0 Å². The zero-order valence-corrected chi connectivity index (χ0v) is 18.0. The third-order valence-electron chi connectivity index (χ3n) is 4.59. The summed E-state index contributed by atoms with van der Waals surface area (Å²) >= 11 is 0. The molecule has 0 bridgehead atoms. The molecule has 0 unspecified atom stereocenters. The second-order valence-corrected chi connectivity index (χ2v) is 6.74. The van der Waals surface area contributed by atoms with Crippen LogP contribution < -0.4 is 4.74 Å². The fraction of sp³-hybridized carbons (Fsp3) is 0.591. The molecule has 0 aliphatic carbocycles. The topological polar surface area (TPSA) is 22.1 Å². The molecule has 0 aliphatic heterocycles. The van der Waals surface area contributed by atoms with Gasteiger partial charge in [-0.15, -0.1) is 24.0 Å². The molecule has 0 amide bonds. The van der Waals surface area contributed by atoms with E-state index in [1.807, 2.05) is 24.4 Å². The van der Waals surface area contributed by atoms with Crippen LogP contribution in [0.1, 0.15) is 77.6 Å². The SMILES string of the molecule is CCCCCCCCCCCCCOc1ccc2ncccc2c1.I. The molecule has 1 aromatic heterocycles. The number of aromatic nitrogens is 1. The third-order valence-corrected chi connectivity index (χ3v) is 4.59. The van der Waals surface area contributed by atoms with Crippen molar-refractivity contribution in [3.05, 3.63) is 36.5 Å². The molecule has 25 heavy (non-hydrogen) atoms. The van der Waals surface area contributed by atoms with Crippen molar-refractivity contribution in [2.45, 2.75) is 77.6 Å². The zero-order chi connectivity index (χ0) is 16.9. The Bertz CT molecular complexity index is 573. The standard InChI is InChI=1S/C22H33NO.HI/c1-2-3-4-5-6-7-8-9-10-11-12-18-24-21-15-16-22-20(19-21)14-13-17-23-22;/h13-17,19H,2-12,18H2,1H3;1H. The summed E-state index contributed by atoms with van der Waals surface area (Å²) in [7, 11) is 0. The van der Waals surface area contributed by atoms with Gasteiger partial charge in [0, 0.05) is 11.6 Å². The summed E-state index contributed by atoms with van der Waals surface area (Å²) in [6.07, 6.45) is 16.9. The van der Waals surface area contributed by atoms with E-state index in [0.29, 0.717) is 0 Å². The average Bonchev–Trinajstić information content (AvgIpc) is 2.62. The van der Waals surface area contributed by atoms with Gasteiger partial charge in [-0.05, 0) is 30.7 Å². The number of nitrogens with zero attached hydrogens (tertiary/aromatic N) is 1. The molecular formula is C22H34INO. The summed E-state index contributed by atoms with van der Waals surface area (Å²) in [6.45, 7) is 3.10. The Morgan fingerprint density at radius 3 is 2.12 bits per heavy atom. The quantitative estimate of drug-likeness (QED) is 0.230. The molecule has 0 aliphatic rings. The largest absolute Gasteiger partial charge is 0.494 e. The highest BCUT2D eigenvalue weighted by Crippen LogP contribution is 2.19. The Balaban J connectivity index is 0.00000312. The molecule has 0 N–H and O–H groups in total. The highest BCUT2D eigenvalue weighted by Gasteiger charge is 1.98. The maximum absolute atomic E-state index is 5.87. The van der Waals surface area contributed by atoms with Gasteiger partial charge in [0.15, 0.2) is 0 Å². The lowest BCUT2D eigenvalue weighted by molar-refractivity contribution is 0.304. The van der Waals surface area contributed by atoms with Gasteiger partial charge >= 0.3 is 0 Å². The van der Waals surface area contributed by atoms with E-state index in [1.165, 1.54) is 64.2 Å². The summed E-state index contributed by atoms with van der Waals surface area (Å²) in [5, 5.41) is 1.15. The number of benzene rings is 1. The van der Waals surface area contributed by atoms with Crippen molar-refractivity contribution in [2.24, 2.45) is 0 Å². The second-order valence-electron chi connectivity index (χ2n) is 6.74. The van der Waals surface area contributed by atoms with Gasteiger partial charge in [0.05, 0.1) is 12.1 Å². The maximum Gasteiger partial charge on any atom is 0.120 e. The number of fused-ring (bicyclic) bond motifs is 1. The van der Waals surface area contributed by atoms with Crippen molar-refractivity contribution in [1.29, 1.82) is 0 Å². The molecule has 2 aromatic rings. The van der Waals surface area contributed by atoms with Gasteiger partial charge in [0.25, 0.3) is 0 Å². The van der Waals surface area contributed by atoms with Crippen LogP contribution in [0.3, 0.4) is 0 Å². The predicted molar refractivity (Wildman–Crippen MR) is 119 cm³/mol. The van der Waals surface area contributed by atoms with E-state index in [2.05, 4.69) is 24.0 Å². The van der Waals surface area contributed by atoms with Crippen molar-refractivity contribution >= 4 is 34.9 Å². The van der Waals surface area contributed by atoms with Gasteiger partial charge in [0.1, 0.15) is 5.75 Å². The van der Waals surface area contributed by atoms with E-state index in [1.54, 1.807) is 0 Å². The van der Waals surface area contributed by atoms with Gasteiger partial charge in [-0.3, -0.25) is 4.98 Å². The van der Waals surface area contributed by atoms with E-state index in [9.17, 15) is 0 Å². The minimum absolute atomic E-state index is 0. The first-order valence-corrected chi connectivity index (χ1v) is 9.88. The Morgan fingerprint density at radius 1 is 0.800 bits per heavy atom. The minimum Gasteiger partial charge on any atom is -0.494 e. The molecule has 0 fully saturated rings. The minimum atomic E-state index is 0. The van der Waals surface area contributed by atoms with Gasteiger partial charge in [-0.25, -0.2) is 0 Å². The first-order chi connectivity index (χ1) is 11.9. The summed E-state index contributed by atoms with van der Waals surface area (Å²) in [6, 6.07) is 10.2. The number of unbranched alkanes of at least 4 members (excludes halogenated alkanes) is 10. The van der Waals surface area contributed by atoms with Gasteiger partial charge in [-0.2, -0.15) is 0 Å². The highest BCUT2D eigenvalue weighted by molar-refractivity contribution is 14.0. The van der Waals surface area contributed by atoms with Crippen molar-refractivity contribution in [3.63, 3.8) is 0 Å². The summed E-state index contributed by atoms with van der Waals surface area (Å²) < 4.78 is 5.87. The molecule has 0 saturated carbocycles. The molecule has 1 heterocycles. The molecule has 140 valence electrons. The first kappa shape index (κ1) is 22.2. The molecule has 0 atom stereocenters. The number of halogens is 1. The number of pyridine rings is 1. The van der Waals surface area contributed by atoms with Crippen molar-refractivity contribution in [2.75, 3.05) is 6.61 Å². The fourth-order valence-electron chi connectivity index (χ4n) is 3.10. The lowest BCUT2D eigenvalue weighted by atomic mass is 10.1. The van der Waals surface area contributed by atoms with E-state index >= 15 is 0 Å². The lowest BCUT2D eigenvalue weighted by Crippen LogP contribution is -1.97. The first-order valence-electron chi connectivity index (χ1n) is 9.88. The molecule has 0 radical (unpaired) electrons. The molecule has 3 heteroatoms. The lowest BCUT2D eigenvalue weighted by Gasteiger charge is -2.07. The van der Waals surface area contributed by atoms with Crippen LogP contribution in [0.5, 0.6) is 5.75 Å². The van der Waals surface area contributed by atoms with Crippen LogP contribution in [0, 0.1) is 0 Å². The number of hydrogen-bond acceptors (Lipinski definition) is 2. The molecule has 0 saturated heterocycles. The van der Waals surface area contributed by atoms with Gasteiger partial charge in [-0.1, -0.05) is 77.2 Å². The summed E-state index contributed by atoms with van der Waals surface area (Å²) in [4.78, 5) is 4.33. The van der Waals surface area contributed by atoms with E-state index in [4.69, 9.17) is 4.74 Å². The van der Waals surface area contributed by atoms with Crippen LogP contribution in [0.15, 0.2) is 36.5 Å². The Labute approximate surface area is 170 Å². The summed E-state index contributed by atoms with van der Waals surface area (Å²) in [5.74, 6) is 0.961. The molecule has 2 nitrogen and oxygen atoms in total. The predicted octanol–water partition coefficient (Wildman–Crippen LogP) is 7.54. The van der Waals surface area contributed by atoms with Crippen molar-refractivity contribution in [1.82, 2.24) is 4.98 Å². The normalized spacial score (nSPS) is 10.6. The number of rotatable bonds is 13. The molecule has 2 rings (SSSR count). The maximum atomic E-state index is 5.87. The van der Waals surface area contributed by atoms with Crippen LogP contribution in [0.2, 0.25) is 0 Å². The highest BCUT2D eigenvalue weighted by atomic mass is 127. The van der Waals surface area contributed by atoms with E-state index < -0.39 is 0 Å².